The number of aromatic nitrogens is 4. The number of carbonyl (C=O) groups is 1. The third kappa shape index (κ3) is 7.55. The lowest BCUT2D eigenvalue weighted by molar-refractivity contribution is -0.123. The van der Waals surface area contributed by atoms with E-state index in [4.69, 9.17) is 16.3 Å². The van der Waals surface area contributed by atoms with E-state index in [2.05, 4.69) is 15.5 Å². The number of anilines is 2. The first kappa shape index (κ1) is 28.5. The quantitative estimate of drug-likeness (QED) is 0.286. The van der Waals surface area contributed by atoms with Gasteiger partial charge in [-0.15, -0.1) is 5.10 Å². The van der Waals surface area contributed by atoms with Crippen molar-refractivity contribution in [3.63, 3.8) is 0 Å². The van der Waals surface area contributed by atoms with Crippen molar-refractivity contribution in [2.24, 2.45) is 5.92 Å². The summed E-state index contributed by atoms with van der Waals surface area (Å²) in [6, 6.07) is 18.2. The van der Waals surface area contributed by atoms with Crippen LogP contribution in [0.25, 0.3) is 0 Å². The molecule has 2 N–H and O–H groups in total. The van der Waals surface area contributed by atoms with Gasteiger partial charge in [-0.25, -0.2) is 13.2 Å². The predicted molar refractivity (Wildman–Crippen MR) is 149 cm³/mol. The van der Waals surface area contributed by atoms with Gasteiger partial charge in [0.25, 0.3) is 5.56 Å². The Morgan fingerprint density at radius 3 is 2.38 bits per heavy atom. The number of nitrogens with zero attached hydrogens (tertiary/aromatic N) is 4. The van der Waals surface area contributed by atoms with Gasteiger partial charge in [-0.1, -0.05) is 30.7 Å². The third-order valence-electron chi connectivity index (χ3n) is 5.62. The average molecular weight is 585 g/mol. The van der Waals surface area contributed by atoms with Crippen LogP contribution < -0.4 is 26.0 Å². The van der Waals surface area contributed by atoms with Crippen LogP contribution in [0.5, 0.6) is 11.6 Å². The van der Waals surface area contributed by atoms with E-state index >= 15 is 0 Å². The highest BCUT2D eigenvalue weighted by atomic mass is 35.5. The molecule has 40 heavy (non-hydrogen) atoms. The van der Waals surface area contributed by atoms with E-state index in [0.29, 0.717) is 22.3 Å². The maximum absolute atomic E-state index is 13.5. The van der Waals surface area contributed by atoms with Crippen molar-refractivity contribution in [1.82, 2.24) is 24.1 Å². The van der Waals surface area contributed by atoms with E-state index in [9.17, 15) is 22.8 Å². The van der Waals surface area contributed by atoms with Crippen LogP contribution in [-0.4, -0.2) is 39.9 Å². The van der Waals surface area contributed by atoms with Gasteiger partial charge in [-0.05, 0) is 48.0 Å². The minimum atomic E-state index is -3.80. The Bertz CT molecular complexity index is 1720. The molecule has 0 radical (unpaired) electrons. The summed E-state index contributed by atoms with van der Waals surface area (Å²) in [7, 11) is -3.80. The molecule has 0 spiro atoms. The Kier molecular flexibility index (Phi) is 8.65. The molecule has 4 rings (SSSR count). The van der Waals surface area contributed by atoms with E-state index in [0.717, 1.165) is 16.4 Å². The summed E-state index contributed by atoms with van der Waals surface area (Å²) < 4.78 is 32.6. The van der Waals surface area contributed by atoms with Crippen molar-refractivity contribution >= 4 is 39.0 Å². The molecule has 0 aliphatic heterocycles. The molecule has 2 aromatic carbocycles. The van der Waals surface area contributed by atoms with E-state index < -0.39 is 33.1 Å². The number of hydrogen-bond donors (Lipinski definition) is 2. The van der Waals surface area contributed by atoms with Crippen molar-refractivity contribution in [2.75, 3.05) is 11.6 Å². The van der Waals surface area contributed by atoms with Crippen LogP contribution in [0, 0.1) is 5.92 Å². The van der Waals surface area contributed by atoms with Gasteiger partial charge in [0.15, 0.2) is 0 Å². The lowest BCUT2D eigenvalue weighted by Gasteiger charge is -2.18. The number of ether oxygens (including phenoxy) is 1. The van der Waals surface area contributed by atoms with Crippen LogP contribution in [0.15, 0.2) is 82.5 Å². The van der Waals surface area contributed by atoms with Gasteiger partial charge >= 0.3 is 5.69 Å². The van der Waals surface area contributed by atoms with Gasteiger partial charge in [-0.3, -0.25) is 23.4 Å². The summed E-state index contributed by atoms with van der Waals surface area (Å²) in [4.78, 5) is 38.8. The first-order chi connectivity index (χ1) is 19.0. The second-order valence-corrected chi connectivity index (χ2v) is 11.1. The van der Waals surface area contributed by atoms with E-state index in [1.54, 1.807) is 60.7 Å². The molecule has 2 heterocycles. The van der Waals surface area contributed by atoms with Crippen LogP contribution in [0.4, 0.5) is 11.5 Å². The smallest absolute Gasteiger partial charge is 0.332 e. The summed E-state index contributed by atoms with van der Waals surface area (Å²) in [6.45, 7) is 1.18. The van der Waals surface area contributed by atoms with Crippen molar-refractivity contribution in [2.45, 2.75) is 20.0 Å². The molecule has 0 saturated heterocycles. The summed E-state index contributed by atoms with van der Waals surface area (Å²) in [5.41, 5.74) is -0.0582. The van der Waals surface area contributed by atoms with E-state index in [1.165, 1.54) is 23.8 Å². The highest BCUT2D eigenvalue weighted by Gasteiger charge is 2.21. The predicted octanol–water partition coefficient (Wildman–Crippen LogP) is 2.75. The fraction of sp³-hybridized carbons (Fsp3) is 0.192. The van der Waals surface area contributed by atoms with Gasteiger partial charge in [0, 0.05) is 35.6 Å². The number of halogens is 1. The van der Waals surface area contributed by atoms with Crippen LogP contribution in [0.2, 0.25) is 5.02 Å². The molecule has 0 fully saturated rings. The summed E-state index contributed by atoms with van der Waals surface area (Å²) in [5.74, 6) is -0.782. The van der Waals surface area contributed by atoms with E-state index in [1.807, 2.05) is 4.72 Å². The maximum atomic E-state index is 13.5. The zero-order valence-corrected chi connectivity index (χ0v) is 23.0. The monoisotopic (exact) mass is 584 g/mol. The first-order valence-electron chi connectivity index (χ1n) is 11.9. The minimum Gasteiger partial charge on any atom is -0.438 e. The largest absolute Gasteiger partial charge is 0.438 e. The lowest BCUT2D eigenvalue weighted by Crippen LogP contribution is -2.44. The fourth-order valence-electron chi connectivity index (χ4n) is 3.67. The van der Waals surface area contributed by atoms with Crippen LogP contribution in [0.1, 0.15) is 12.5 Å². The summed E-state index contributed by atoms with van der Waals surface area (Å²) >= 11 is 6.00. The van der Waals surface area contributed by atoms with Gasteiger partial charge in [-0.2, -0.15) is 5.10 Å². The zero-order valence-electron chi connectivity index (χ0n) is 21.4. The van der Waals surface area contributed by atoms with Gasteiger partial charge in [0.2, 0.25) is 21.8 Å². The lowest BCUT2D eigenvalue weighted by atomic mass is 10.1. The molecule has 0 bridgehead atoms. The Labute approximate surface area is 234 Å². The Morgan fingerprint density at radius 2 is 1.75 bits per heavy atom. The molecular weight excluding hydrogens is 560 g/mol. The molecule has 208 valence electrons. The standard InChI is InChI=1S/C26H25ClN6O6S/c1-17(25(35)31-40(2,37)38)15-33-24(34)14-22(32(26(33)36)16-18-5-7-19(27)8-6-18)29-20-9-11-21(12-10-20)39-23-4-3-13-28-30-23/h3-14,17,29H,15-16H2,1-2H3,(H,31,35)/t17-/m0/s1. The van der Waals surface area contributed by atoms with Gasteiger partial charge in [0.1, 0.15) is 11.6 Å². The van der Waals surface area contributed by atoms with Crippen molar-refractivity contribution in [3.8, 4) is 11.6 Å². The van der Waals surface area contributed by atoms with Gasteiger partial charge < -0.3 is 10.1 Å². The highest BCUT2D eigenvalue weighted by Crippen LogP contribution is 2.23. The molecule has 0 aliphatic rings. The molecule has 4 aromatic rings. The first-order valence-corrected chi connectivity index (χ1v) is 14.2. The molecule has 14 heteroatoms. The van der Waals surface area contributed by atoms with Crippen LogP contribution in [-0.2, 0) is 27.9 Å². The maximum Gasteiger partial charge on any atom is 0.332 e. The summed E-state index contributed by atoms with van der Waals surface area (Å²) in [6.07, 6.45) is 2.38. The third-order valence-corrected chi connectivity index (χ3v) is 6.44. The van der Waals surface area contributed by atoms with Gasteiger partial charge in [0.05, 0.1) is 18.7 Å². The summed E-state index contributed by atoms with van der Waals surface area (Å²) in [5, 5.41) is 11.2. The number of hydrogen-bond acceptors (Lipinski definition) is 9. The highest BCUT2D eigenvalue weighted by molar-refractivity contribution is 7.89. The molecule has 1 atom stereocenters. The van der Waals surface area contributed by atoms with Crippen molar-refractivity contribution < 1.29 is 17.9 Å². The second kappa shape index (κ2) is 12.1. The fourth-order valence-corrected chi connectivity index (χ4v) is 4.36. The molecule has 0 saturated carbocycles. The molecule has 1 amide bonds. The van der Waals surface area contributed by atoms with Crippen molar-refractivity contribution in [3.05, 3.63) is 104 Å². The topological polar surface area (TPSA) is 154 Å². The average Bonchev–Trinajstić information content (AvgIpc) is 2.90. The molecule has 0 aliphatic carbocycles. The number of benzene rings is 2. The van der Waals surface area contributed by atoms with E-state index in [-0.39, 0.29) is 18.9 Å². The molecule has 12 nitrogen and oxygen atoms in total. The Hall–Kier alpha value is -4.49. The Morgan fingerprint density at radius 1 is 1.05 bits per heavy atom. The van der Waals surface area contributed by atoms with Crippen LogP contribution in [0.3, 0.4) is 0 Å². The molecule has 0 unspecified atom stereocenters. The molecular formula is C26H25ClN6O6S. The number of carbonyl (C=O) groups excluding carboxylic acids is 1. The second-order valence-electron chi connectivity index (χ2n) is 8.93. The molecule has 2 aromatic heterocycles. The minimum absolute atomic E-state index is 0.0798. The van der Waals surface area contributed by atoms with Crippen LogP contribution >= 0.6 is 11.6 Å². The number of amides is 1. The normalized spacial score (nSPS) is 12.0. The Balaban J connectivity index is 1.65. The number of nitrogens with one attached hydrogen (secondary N) is 2. The zero-order chi connectivity index (χ0) is 28.9. The SMILES string of the molecule is C[C@@H](Cn1c(=O)cc(Nc2ccc(Oc3cccnn3)cc2)n(Cc2ccc(Cl)cc2)c1=O)C(=O)NS(C)(=O)=O. The van der Waals surface area contributed by atoms with Crippen molar-refractivity contribution in [1.29, 1.82) is 0 Å². The number of sulfonamides is 1. The number of rotatable bonds is 10.